The predicted octanol–water partition coefficient (Wildman–Crippen LogP) is 0.0589. The van der Waals surface area contributed by atoms with E-state index in [4.69, 9.17) is 5.73 Å². The summed E-state index contributed by atoms with van der Waals surface area (Å²) in [5.74, 6) is 6.13. The van der Waals surface area contributed by atoms with Crippen molar-refractivity contribution in [2.75, 3.05) is 12.3 Å². The van der Waals surface area contributed by atoms with E-state index in [1.54, 1.807) is 10.8 Å². The van der Waals surface area contributed by atoms with Gasteiger partial charge in [-0.15, -0.1) is 0 Å². The number of hydrogen-bond donors (Lipinski definition) is 2. The van der Waals surface area contributed by atoms with Gasteiger partial charge in [0.05, 0.1) is 17.4 Å². The highest BCUT2D eigenvalue weighted by Gasteiger charge is 2.35. The van der Waals surface area contributed by atoms with Crippen molar-refractivity contribution in [3.63, 3.8) is 0 Å². The Morgan fingerprint density at radius 3 is 2.70 bits per heavy atom. The number of nitrogens with one attached hydrogen (secondary N) is 1. The molecule has 0 aromatic carbocycles. The maximum absolute atomic E-state index is 11.8. The van der Waals surface area contributed by atoms with Crippen molar-refractivity contribution in [3.05, 3.63) is 22.2 Å². The molecule has 2 saturated carbocycles. The van der Waals surface area contributed by atoms with Crippen molar-refractivity contribution in [1.29, 1.82) is 0 Å². The minimum atomic E-state index is -3.23. The number of anilines is 1. The van der Waals surface area contributed by atoms with E-state index >= 15 is 0 Å². The van der Waals surface area contributed by atoms with Crippen LogP contribution in [0.3, 0.4) is 0 Å². The van der Waals surface area contributed by atoms with Gasteiger partial charge >= 0.3 is 5.69 Å². The number of sulfonamides is 1. The lowest BCUT2D eigenvalue weighted by atomic mass is 9.85. The molecule has 1 aromatic rings. The number of nitrogen functional groups attached to an aromatic ring is 1. The van der Waals surface area contributed by atoms with Crippen LogP contribution in [0, 0.1) is 17.8 Å². The Hall–Kier alpha value is -1.85. The van der Waals surface area contributed by atoms with Gasteiger partial charge in [0.2, 0.25) is 10.0 Å². The summed E-state index contributed by atoms with van der Waals surface area (Å²) in [5, 5.41) is -0.264. The fourth-order valence-electron chi connectivity index (χ4n) is 2.46. The molecule has 1 heterocycles. The zero-order chi connectivity index (χ0) is 16.4. The molecule has 0 spiro atoms. The predicted molar refractivity (Wildman–Crippen MR) is 87.1 cm³/mol. The summed E-state index contributed by atoms with van der Waals surface area (Å²) in [6, 6.07) is 0. The lowest BCUT2D eigenvalue weighted by Gasteiger charge is -2.25. The van der Waals surface area contributed by atoms with Gasteiger partial charge in [0.15, 0.2) is 0 Å². The Morgan fingerprint density at radius 1 is 1.35 bits per heavy atom. The second-order valence-corrected chi connectivity index (χ2v) is 8.18. The molecule has 0 amide bonds. The highest BCUT2D eigenvalue weighted by molar-refractivity contribution is 7.90. The third kappa shape index (κ3) is 3.92. The molecule has 3 N–H and O–H groups in total. The monoisotopic (exact) mass is 336 g/mol. The molecular formula is C15H20N4O3S. The Balaban J connectivity index is 1.68. The fourth-order valence-corrected chi connectivity index (χ4v) is 3.72. The molecule has 2 aliphatic rings. The molecule has 0 aliphatic heterocycles. The molecule has 1 aromatic heterocycles. The van der Waals surface area contributed by atoms with Crippen LogP contribution in [0.2, 0.25) is 0 Å². The average Bonchev–Trinajstić information content (AvgIpc) is 3.27. The highest BCUT2D eigenvalue weighted by Crippen LogP contribution is 2.27. The first-order valence-electron chi connectivity index (χ1n) is 7.80. The van der Waals surface area contributed by atoms with Crippen molar-refractivity contribution in [2.45, 2.75) is 43.9 Å². The number of aromatic nitrogens is 2. The van der Waals surface area contributed by atoms with Crippen LogP contribution >= 0.6 is 0 Å². The molecule has 0 unspecified atom stereocenters. The smallest absolute Gasteiger partial charge is 0.349 e. The van der Waals surface area contributed by atoms with Gasteiger partial charge in [0, 0.05) is 12.7 Å². The summed E-state index contributed by atoms with van der Waals surface area (Å²) < 4.78 is 27.3. The number of rotatable bonds is 5. The molecule has 23 heavy (non-hydrogen) atoms. The maximum atomic E-state index is 11.8. The molecule has 3 rings (SSSR count). The van der Waals surface area contributed by atoms with Crippen LogP contribution in [0.1, 0.15) is 37.7 Å². The Kier molecular flexibility index (Phi) is 4.41. The molecular weight excluding hydrogens is 316 g/mol. The minimum Gasteiger partial charge on any atom is -0.382 e. The summed E-state index contributed by atoms with van der Waals surface area (Å²) >= 11 is 0. The van der Waals surface area contributed by atoms with Crippen molar-refractivity contribution < 1.29 is 8.42 Å². The Morgan fingerprint density at radius 2 is 2.09 bits per heavy atom. The first-order chi connectivity index (χ1) is 11.0. The lowest BCUT2D eigenvalue weighted by Crippen LogP contribution is -2.29. The summed E-state index contributed by atoms with van der Waals surface area (Å²) in [4.78, 5) is 15.6. The van der Waals surface area contributed by atoms with E-state index in [1.807, 2.05) is 0 Å². The first-order valence-corrected chi connectivity index (χ1v) is 9.34. The molecule has 2 fully saturated rings. The van der Waals surface area contributed by atoms with Crippen molar-refractivity contribution >= 4 is 15.8 Å². The van der Waals surface area contributed by atoms with Crippen molar-refractivity contribution in [1.82, 2.24) is 14.3 Å². The SMILES string of the molecule is Nc1nc(=O)n(CC2CCC2)cc1C#CCNS(=O)(=O)C1CC1. The largest absolute Gasteiger partial charge is 0.382 e. The zero-order valence-electron chi connectivity index (χ0n) is 12.8. The molecule has 8 heteroatoms. The fraction of sp³-hybridized carbons (Fsp3) is 0.600. The van der Waals surface area contributed by atoms with E-state index in [9.17, 15) is 13.2 Å². The lowest BCUT2D eigenvalue weighted by molar-refractivity contribution is 0.272. The second-order valence-electron chi connectivity index (χ2n) is 6.14. The van der Waals surface area contributed by atoms with Gasteiger partial charge in [-0.1, -0.05) is 18.3 Å². The first kappa shape index (κ1) is 16.0. The zero-order valence-corrected chi connectivity index (χ0v) is 13.6. The van der Waals surface area contributed by atoms with Gasteiger partial charge < -0.3 is 5.73 Å². The molecule has 7 nitrogen and oxygen atoms in total. The van der Waals surface area contributed by atoms with E-state index in [1.165, 1.54) is 6.42 Å². The Bertz CT molecular complexity index is 811. The molecule has 0 atom stereocenters. The normalized spacial score (nSPS) is 18.1. The van der Waals surface area contributed by atoms with E-state index in [2.05, 4.69) is 21.5 Å². The minimum absolute atomic E-state index is 0.0278. The molecule has 0 saturated heterocycles. The highest BCUT2D eigenvalue weighted by atomic mass is 32.2. The van der Waals surface area contributed by atoms with Crippen molar-refractivity contribution in [2.24, 2.45) is 5.92 Å². The van der Waals surface area contributed by atoms with Crippen molar-refractivity contribution in [3.8, 4) is 11.8 Å². The van der Waals surface area contributed by atoms with E-state index in [0.29, 0.717) is 30.9 Å². The third-order valence-electron chi connectivity index (χ3n) is 4.25. The third-order valence-corrected chi connectivity index (χ3v) is 6.15. The van der Waals surface area contributed by atoms with Crippen LogP contribution in [0.5, 0.6) is 0 Å². The number of nitrogens with two attached hydrogens (primary N) is 1. The van der Waals surface area contributed by atoms with Crippen LogP contribution < -0.4 is 16.1 Å². The number of hydrogen-bond acceptors (Lipinski definition) is 5. The Labute approximate surface area is 135 Å². The van der Waals surface area contributed by atoms with Crippen LogP contribution in [0.4, 0.5) is 5.82 Å². The number of nitrogens with zero attached hydrogens (tertiary/aromatic N) is 2. The van der Waals surface area contributed by atoms with E-state index in [0.717, 1.165) is 12.8 Å². The summed E-state index contributed by atoms with van der Waals surface area (Å²) in [6.45, 7) is 0.662. The maximum Gasteiger partial charge on any atom is 0.349 e. The quantitative estimate of drug-likeness (QED) is 0.739. The van der Waals surface area contributed by atoms with Gasteiger partial charge in [-0.3, -0.25) is 4.57 Å². The summed E-state index contributed by atoms with van der Waals surface area (Å²) in [5.41, 5.74) is 5.82. The molecule has 2 aliphatic carbocycles. The summed E-state index contributed by atoms with van der Waals surface area (Å²) in [7, 11) is -3.23. The van der Waals surface area contributed by atoms with Gasteiger partial charge in [-0.05, 0) is 31.6 Å². The van der Waals surface area contributed by atoms with Gasteiger partial charge in [0.25, 0.3) is 0 Å². The van der Waals surface area contributed by atoms with E-state index < -0.39 is 10.0 Å². The topological polar surface area (TPSA) is 107 Å². The standard InChI is InChI=1S/C15H20N4O3S/c16-14-12(5-2-8-17-23(21,22)13-6-7-13)10-19(15(20)18-14)9-11-3-1-4-11/h10-11,13,17H,1,3-4,6-9H2,(H2,16,18,20). The molecule has 124 valence electrons. The van der Waals surface area contributed by atoms with Gasteiger partial charge in [0.1, 0.15) is 5.82 Å². The van der Waals surface area contributed by atoms with Gasteiger partial charge in [-0.25, -0.2) is 17.9 Å². The second kappa shape index (κ2) is 6.34. The van der Waals surface area contributed by atoms with Crippen LogP contribution in [-0.2, 0) is 16.6 Å². The average molecular weight is 336 g/mol. The van der Waals surface area contributed by atoms with Crippen LogP contribution in [0.25, 0.3) is 0 Å². The van der Waals surface area contributed by atoms with E-state index in [-0.39, 0.29) is 23.3 Å². The van der Waals surface area contributed by atoms with Crippen LogP contribution in [-0.4, -0.2) is 29.8 Å². The molecule has 0 radical (unpaired) electrons. The summed E-state index contributed by atoms with van der Waals surface area (Å²) in [6.07, 6.45) is 6.50. The van der Waals surface area contributed by atoms with Gasteiger partial charge in [-0.2, -0.15) is 4.98 Å². The van der Waals surface area contributed by atoms with Crippen LogP contribution in [0.15, 0.2) is 11.0 Å². The molecule has 0 bridgehead atoms.